The van der Waals surface area contributed by atoms with E-state index in [4.69, 9.17) is 0 Å². The van der Waals surface area contributed by atoms with Gasteiger partial charge in [-0.25, -0.2) is 0 Å². The Kier molecular flexibility index (Phi) is 5.03. The van der Waals surface area contributed by atoms with Gasteiger partial charge in [0.15, 0.2) is 0 Å². The van der Waals surface area contributed by atoms with E-state index in [-0.39, 0.29) is 24.8 Å². The van der Waals surface area contributed by atoms with Gasteiger partial charge >= 0.3 is 5.97 Å². The van der Waals surface area contributed by atoms with E-state index in [1.165, 1.54) is 0 Å². The Morgan fingerprint density at radius 1 is 1.35 bits per heavy atom. The summed E-state index contributed by atoms with van der Waals surface area (Å²) in [7, 11) is 0. The summed E-state index contributed by atoms with van der Waals surface area (Å²) in [6, 6.07) is 8.82. The molecule has 1 fully saturated rings. The summed E-state index contributed by atoms with van der Waals surface area (Å²) < 4.78 is 0. The molecule has 0 spiro atoms. The molecule has 0 aromatic heterocycles. The van der Waals surface area contributed by atoms with Crippen molar-refractivity contribution >= 4 is 17.8 Å². The largest absolute Gasteiger partial charge is 0.481 e. The number of hydrogen-bond donors (Lipinski definition) is 2. The third-order valence-corrected chi connectivity index (χ3v) is 4.47. The zero-order valence-electron chi connectivity index (χ0n) is 13.4. The molecule has 1 aliphatic rings. The first kappa shape index (κ1) is 17.0. The molecule has 2 N–H and O–H groups in total. The van der Waals surface area contributed by atoms with Crippen LogP contribution in [0.3, 0.4) is 0 Å². The molecule has 23 heavy (non-hydrogen) atoms. The van der Waals surface area contributed by atoms with E-state index < -0.39 is 17.3 Å². The maximum absolute atomic E-state index is 12.3. The predicted molar refractivity (Wildman–Crippen MR) is 84.8 cm³/mol. The van der Waals surface area contributed by atoms with Crippen molar-refractivity contribution < 1.29 is 19.5 Å². The Bertz CT molecular complexity index is 602. The van der Waals surface area contributed by atoms with Gasteiger partial charge < -0.3 is 15.3 Å². The van der Waals surface area contributed by atoms with Crippen LogP contribution in [0.5, 0.6) is 0 Å². The second kappa shape index (κ2) is 6.81. The Morgan fingerprint density at radius 3 is 2.52 bits per heavy atom. The lowest BCUT2D eigenvalue weighted by atomic mass is 9.82. The van der Waals surface area contributed by atoms with Crippen molar-refractivity contribution in [1.82, 2.24) is 10.2 Å². The quantitative estimate of drug-likeness (QED) is 0.819. The molecule has 124 valence electrons. The highest BCUT2D eigenvalue weighted by molar-refractivity contribution is 5.90. The number of hydrogen-bond acceptors (Lipinski definition) is 3. The fourth-order valence-electron chi connectivity index (χ4n) is 2.77. The third kappa shape index (κ3) is 3.52. The first-order valence-corrected chi connectivity index (χ1v) is 7.73. The maximum atomic E-state index is 12.3. The van der Waals surface area contributed by atoms with Gasteiger partial charge in [-0.2, -0.15) is 0 Å². The van der Waals surface area contributed by atoms with Crippen molar-refractivity contribution in [1.29, 1.82) is 0 Å². The van der Waals surface area contributed by atoms with Crippen molar-refractivity contribution in [3.8, 4) is 0 Å². The Balaban J connectivity index is 2.04. The summed E-state index contributed by atoms with van der Waals surface area (Å²) in [5.74, 6) is -1.70. The highest BCUT2D eigenvalue weighted by Crippen LogP contribution is 2.24. The van der Waals surface area contributed by atoms with Crippen molar-refractivity contribution in [3.63, 3.8) is 0 Å². The SMILES string of the molecule is CCN1CC(C(=O)NCC(C)(C(=O)O)c2ccccc2)CC1=O. The number of carbonyl (C=O) groups excluding carboxylic acids is 2. The van der Waals surface area contributed by atoms with Crippen LogP contribution < -0.4 is 5.32 Å². The van der Waals surface area contributed by atoms with Gasteiger partial charge in [-0.15, -0.1) is 0 Å². The van der Waals surface area contributed by atoms with E-state index in [1.54, 1.807) is 36.1 Å². The van der Waals surface area contributed by atoms with Gasteiger partial charge in [0.05, 0.1) is 5.92 Å². The summed E-state index contributed by atoms with van der Waals surface area (Å²) in [5.41, 5.74) is -0.574. The van der Waals surface area contributed by atoms with Crippen LogP contribution in [0.15, 0.2) is 30.3 Å². The summed E-state index contributed by atoms with van der Waals surface area (Å²) >= 11 is 0. The predicted octanol–water partition coefficient (Wildman–Crippen LogP) is 1.01. The number of carboxylic acids is 1. The van der Waals surface area contributed by atoms with Crippen molar-refractivity contribution in [2.24, 2.45) is 5.92 Å². The van der Waals surface area contributed by atoms with E-state index >= 15 is 0 Å². The minimum Gasteiger partial charge on any atom is -0.481 e. The highest BCUT2D eigenvalue weighted by atomic mass is 16.4. The zero-order valence-corrected chi connectivity index (χ0v) is 13.4. The summed E-state index contributed by atoms with van der Waals surface area (Å²) in [5, 5.41) is 12.3. The monoisotopic (exact) mass is 318 g/mol. The van der Waals surface area contributed by atoms with E-state index in [9.17, 15) is 19.5 Å². The number of amides is 2. The average Bonchev–Trinajstić information content (AvgIpc) is 2.94. The molecule has 1 saturated heterocycles. The van der Waals surface area contributed by atoms with E-state index in [0.29, 0.717) is 18.7 Å². The Labute approximate surface area is 135 Å². The normalized spacial score (nSPS) is 20.2. The van der Waals surface area contributed by atoms with Crippen LogP contribution in [0.2, 0.25) is 0 Å². The molecular weight excluding hydrogens is 296 g/mol. The average molecular weight is 318 g/mol. The molecule has 0 saturated carbocycles. The van der Waals surface area contributed by atoms with E-state index in [1.807, 2.05) is 13.0 Å². The molecule has 2 unspecified atom stereocenters. The number of carboxylic acid groups (broad SMARTS) is 1. The van der Waals surface area contributed by atoms with Gasteiger partial charge in [0.1, 0.15) is 5.41 Å². The van der Waals surface area contributed by atoms with Gasteiger partial charge in [0.2, 0.25) is 11.8 Å². The lowest BCUT2D eigenvalue weighted by molar-refractivity contribution is -0.143. The number of benzene rings is 1. The Morgan fingerprint density at radius 2 is 2.00 bits per heavy atom. The fraction of sp³-hybridized carbons (Fsp3) is 0.471. The molecule has 0 radical (unpaired) electrons. The lowest BCUT2D eigenvalue weighted by Crippen LogP contribution is -2.46. The zero-order chi connectivity index (χ0) is 17.0. The van der Waals surface area contributed by atoms with Gasteiger partial charge in [-0.3, -0.25) is 14.4 Å². The van der Waals surface area contributed by atoms with Crippen LogP contribution in [0.4, 0.5) is 0 Å². The molecular formula is C17H22N2O4. The van der Waals surface area contributed by atoms with Crippen LogP contribution in [0, 0.1) is 5.92 Å². The molecule has 0 bridgehead atoms. The van der Waals surface area contributed by atoms with Gasteiger partial charge in [-0.1, -0.05) is 30.3 Å². The first-order chi connectivity index (χ1) is 10.9. The molecule has 2 amide bonds. The molecule has 1 heterocycles. The Hall–Kier alpha value is -2.37. The van der Waals surface area contributed by atoms with Gasteiger partial charge in [-0.05, 0) is 19.4 Å². The molecule has 1 aromatic rings. The molecule has 1 aromatic carbocycles. The minimum atomic E-state index is -1.20. The van der Waals surface area contributed by atoms with Crippen molar-refractivity contribution in [3.05, 3.63) is 35.9 Å². The number of nitrogens with one attached hydrogen (secondary N) is 1. The summed E-state index contributed by atoms with van der Waals surface area (Å²) in [6.07, 6.45) is 0.189. The van der Waals surface area contributed by atoms with Gasteiger partial charge in [0, 0.05) is 26.1 Å². The molecule has 6 nitrogen and oxygen atoms in total. The lowest BCUT2D eigenvalue weighted by Gasteiger charge is -2.26. The third-order valence-electron chi connectivity index (χ3n) is 4.47. The van der Waals surface area contributed by atoms with Crippen LogP contribution in [0.1, 0.15) is 25.8 Å². The second-order valence-corrected chi connectivity index (χ2v) is 6.05. The number of aliphatic carboxylic acids is 1. The van der Waals surface area contributed by atoms with Crippen molar-refractivity contribution in [2.45, 2.75) is 25.7 Å². The van der Waals surface area contributed by atoms with E-state index in [2.05, 4.69) is 5.32 Å². The standard InChI is InChI=1S/C17H22N2O4/c1-3-19-10-12(9-14(19)20)15(21)18-11-17(2,16(22)23)13-7-5-4-6-8-13/h4-8,12H,3,9-11H2,1-2H3,(H,18,21)(H,22,23). The number of carbonyl (C=O) groups is 3. The van der Waals surface area contributed by atoms with E-state index in [0.717, 1.165) is 0 Å². The van der Waals surface area contributed by atoms with Crippen LogP contribution in [0.25, 0.3) is 0 Å². The first-order valence-electron chi connectivity index (χ1n) is 7.73. The number of rotatable bonds is 6. The molecule has 2 atom stereocenters. The fourth-order valence-corrected chi connectivity index (χ4v) is 2.77. The molecule has 1 aliphatic heterocycles. The van der Waals surface area contributed by atoms with Crippen molar-refractivity contribution in [2.75, 3.05) is 19.6 Å². The van der Waals surface area contributed by atoms with Crippen LogP contribution in [-0.2, 0) is 19.8 Å². The molecule has 0 aliphatic carbocycles. The molecule has 6 heteroatoms. The topological polar surface area (TPSA) is 86.7 Å². The minimum absolute atomic E-state index is 0.0119. The summed E-state index contributed by atoms with van der Waals surface area (Å²) in [4.78, 5) is 37.3. The summed E-state index contributed by atoms with van der Waals surface area (Å²) in [6.45, 7) is 4.43. The van der Waals surface area contributed by atoms with Crippen LogP contribution in [-0.4, -0.2) is 47.4 Å². The molecule has 2 rings (SSSR count). The highest BCUT2D eigenvalue weighted by Gasteiger charge is 2.38. The second-order valence-electron chi connectivity index (χ2n) is 6.05. The maximum Gasteiger partial charge on any atom is 0.315 e. The van der Waals surface area contributed by atoms with Gasteiger partial charge in [0.25, 0.3) is 0 Å². The number of nitrogens with zero attached hydrogens (tertiary/aromatic N) is 1. The van der Waals surface area contributed by atoms with Crippen LogP contribution >= 0.6 is 0 Å². The number of likely N-dealkylation sites (tertiary alicyclic amines) is 1. The smallest absolute Gasteiger partial charge is 0.315 e.